The van der Waals surface area contributed by atoms with E-state index in [1.54, 1.807) is 0 Å². The van der Waals surface area contributed by atoms with Crippen LogP contribution in [0, 0.1) is 0 Å². The van der Waals surface area contributed by atoms with Gasteiger partial charge in [-0.25, -0.2) is 0 Å². The van der Waals surface area contributed by atoms with Gasteiger partial charge in [0.2, 0.25) is 0 Å². The van der Waals surface area contributed by atoms with Gasteiger partial charge in [0.25, 0.3) is 29.8 Å². The summed E-state index contributed by atoms with van der Waals surface area (Å²) in [6.07, 6.45) is -4.85. The maximum Gasteiger partial charge on any atom is 0.300 e. The molecule has 16 nitrogen and oxygen atoms in total. The summed E-state index contributed by atoms with van der Waals surface area (Å²) in [5, 5.41) is 73.1. The van der Waals surface area contributed by atoms with Crippen LogP contribution in [-0.2, 0) is 28.7 Å². The molecule has 0 aliphatic carbocycles. The molecule has 1 aliphatic heterocycles. The average molecular weight is 479 g/mol. The first-order chi connectivity index (χ1) is 14.2. The van der Waals surface area contributed by atoms with E-state index in [1.165, 1.54) is 0 Å². The van der Waals surface area contributed by atoms with Gasteiger partial charge in [-0.15, -0.1) is 0 Å². The van der Waals surface area contributed by atoms with E-state index in [1.807, 2.05) is 0 Å². The van der Waals surface area contributed by atoms with Crippen molar-refractivity contribution in [1.29, 1.82) is 0 Å². The SMILES string of the molecule is CC(=O)O.CC(=O)O.CC(=O)O.CC(=O)O.CC(=O)O.N[C@@H]1[C@@H](O)[C@H](O)[C@@H](CO)O[C@H]1O. The Morgan fingerprint density at radius 1 is 0.656 bits per heavy atom. The summed E-state index contributed by atoms with van der Waals surface area (Å²) in [4.78, 5) is 45.0. The molecule has 1 fully saturated rings. The van der Waals surface area contributed by atoms with Gasteiger partial charge in [-0.1, -0.05) is 0 Å². The third-order valence-electron chi connectivity index (χ3n) is 1.95. The number of aliphatic hydroxyl groups is 4. The second-order valence-electron chi connectivity index (χ2n) is 5.40. The standard InChI is InChI=1S/C6H13NO5.5C2H4O2/c7-3-5(10)4(9)2(1-8)12-6(3)11;5*1-2(3)4/h2-6,8-11H,1,7H2;5*1H3,(H,3,4)/t2-,3-,4-,5-,6-;;;;;/m1...../s1. The highest BCUT2D eigenvalue weighted by atomic mass is 16.6. The Hall–Kier alpha value is -2.89. The predicted molar refractivity (Wildman–Crippen MR) is 105 cm³/mol. The van der Waals surface area contributed by atoms with Gasteiger partial charge in [-0.05, 0) is 0 Å². The molecule has 16 heteroatoms. The van der Waals surface area contributed by atoms with Gasteiger partial charge in [0.1, 0.15) is 18.3 Å². The molecule has 1 heterocycles. The highest BCUT2D eigenvalue weighted by molar-refractivity contribution is 5.63. The maximum absolute atomic E-state index is 9.20. The number of carboxylic acids is 5. The number of rotatable bonds is 1. The lowest BCUT2D eigenvalue weighted by atomic mass is 9.98. The lowest BCUT2D eigenvalue weighted by molar-refractivity contribution is -0.248. The number of carboxylic acid groups (broad SMARTS) is 5. The molecule has 0 aromatic rings. The Kier molecular flexibility index (Phi) is 30.1. The Morgan fingerprint density at radius 2 is 0.875 bits per heavy atom. The molecule has 0 radical (unpaired) electrons. The number of hydrogen-bond acceptors (Lipinski definition) is 11. The minimum absolute atomic E-state index is 0.470. The molecule has 1 saturated heterocycles. The van der Waals surface area contributed by atoms with Crippen molar-refractivity contribution in [2.75, 3.05) is 6.61 Å². The third-order valence-corrected chi connectivity index (χ3v) is 1.95. The van der Waals surface area contributed by atoms with Crippen molar-refractivity contribution in [2.24, 2.45) is 5.73 Å². The molecule has 5 atom stereocenters. The van der Waals surface area contributed by atoms with Crippen LogP contribution in [0.15, 0.2) is 0 Å². The molecular weight excluding hydrogens is 446 g/mol. The second-order valence-corrected chi connectivity index (χ2v) is 5.40. The number of nitrogens with two attached hydrogens (primary N) is 1. The monoisotopic (exact) mass is 479 g/mol. The van der Waals surface area contributed by atoms with Gasteiger partial charge in [-0.3, -0.25) is 24.0 Å². The molecule has 1 rings (SSSR count). The van der Waals surface area contributed by atoms with Crippen LogP contribution in [0.1, 0.15) is 34.6 Å². The largest absolute Gasteiger partial charge is 0.481 e. The van der Waals surface area contributed by atoms with Crippen molar-refractivity contribution in [3.63, 3.8) is 0 Å². The Bertz CT molecular complexity index is 445. The first-order valence-corrected chi connectivity index (χ1v) is 8.28. The normalized spacial score (nSPS) is 22.4. The number of carbonyl (C=O) groups is 5. The molecule has 0 aromatic carbocycles. The fourth-order valence-corrected chi connectivity index (χ4v) is 1.12. The molecule has 0 bridgehead atoms. The van der Waals surface area contributed by atoms with Crippen LogP contribution in [-0.4, -0.2) is 113 Å². The van der Waals surface area contributed by atoms with E-state index in [0.29, 0.717) is 0 Å². The highest BCUT2D eigenvalue weighted by Crippen LogP contribution is 2.17. The summed E-state index contributed by atoms with van der Waals surface area (Å²) < 4.78 is 4.70. The Labute approximate surface area is 183 Å². The summed E-state index contributed by atoms with van der Waals surface area (Å²) in [7, 11) is 0. The van der Waals surface area contributed by atoms with Gasteiger partial charge in [0.05, 0.1) is 12.6 Å². The molecule has 0 unspecified atom stereocenters. The molecular formula is C16H33NO15. The number of ether oxygens (including phenoxy) is 1. The zero-order valence-corrected chi connectivity index (χ0v) is 18.1. The quantitative estimate of drug-likeness (QED) is 0.181. The van der Waals surface area contributed by atoms with Crippen molar-refractivity contribution < 1.29 is 74.7 Å². The Balaban J connectivity index is -0.000000102. The molecule has 1 aliphatic rings. The van der Waals surface area contributed by atoms with E-state index in [0.717, 1.165) is 34.6 Å². The Morgan fingerprint density at radius 3 is 1.06 bits per heavy atom. The molecule has 192 valence electrons. The summed E-state index contributed by atoms with van der Waals surface area (Å²) in [6.45, 7) is 4.95. The number of aliphatic hydroxyl groups excluding tert-OH is 4. The number of aliphatic carboxylic acids is 5. The zero-order valence-electron chi connectivity index (χ0n) is 18.1. The van der Waals surface area contributed by atoms with Crippen LogP contribution >= 0.6 is 0 Å². The van der Waals surface area contributed by atoms with Gasteiger partial charge in [-0.2, -0.15) is 0 Å². The first kappa shape index (κ1) is 39.6. The van der Waals surface area contributed by atoms with Crippen molar-refractivity contribution in [3.05, 3.63) is 0 Å². The van der Waals surface area contributed by atoms with Crippen molar-refractivity contribution in [1.82, 2.24) is 0 Å². The molecule has 11 N–H and O–H groups in total. The summed E-state index contributed by atoms with van der Waals surface area (Å²) >= 11 is 0. The summed E-state index contributed by atoms with van der Waals surface area (Å²) in [5.74, 6) is -4.17. The summed E-state index contributed by atoms with van der Waals surface area (Å²) in [6, 6.07) is -1.04. The second kappa shape index (κ2) is 24.4. The topological polar surface area (TPSA) is 303 Å². The van der Waals surface area contributed by atoms with Gasteiger partial charge in [0, 0.05) is 34.6 Å². The zero-order chi connectivity index (χ0) is 27.2. The van der Waals surface area contributed by atoms with Crippen LogP contribution in [0.3, 0.4) is 0 Å². The third kappa shape index (κ3) is 50.6. The summed E-state index contributed by atoms with van der Waals surface area (Å²) in [5.41, 5.74) is 5.26. The van der Waals surface area contributed by atoms with E-state index >= 15 is 0 Å². The van der Waals surface area contributed by atoms with Crippen molar-refractivity contribution >= 4 is 29.8 Å². The van der Waals surface area contributed by atoms with Crippen molar-refractivity contribution in [2.45, 2.75) is 65.3 Å². The van der Waals surface area contributed by atoms with E-state index in [9.17, 15) is 10.2 Å². The van der Waals surface area contributed by atoms with E-state index in [-0.39, 0.29) is 0 Å². The molecule has 0 amide bonds. The van der Waals surface area contributed by atoms with Crippen LogP contribution < -0.4 is 5.73 Å². The first-order valence-electron chi connectivity index (χ1n) is 8.28. The van der Waals surface area contributed by atoms with Gasteiger partial charge in [0.15, 0.2) is 6.29 Å². The lowest BCUT2D eigenvalue weighted by Gasteiger charge is -2.38. The fourth-order valence-electron chi connectivity index (χ4n) is 1.12. The van der Waals surface area contributed by atoms with E-state index < -0.39 is 67.1 Å². The van der Waals surface area contributed by atoms with Crippen LogP contribution in [0.5, 0.6) is 0 Å². The molecule has 0 saturated carbocycles. The van der Waals surface area contributed by atoms with E-state index in [2.05, 4.69) is 0 Å². The molecule has 0 spiro atoms. The minimum atomic E-state index is -1.35. The maximum atomic E-state index is 9.20. The number of hydrogen-bond donors (Lipinski definition) is 10. The highest BCUT2D eigenvalue weighted by Gasteiger charge is 2.41. The fraction of sp³-hybridized carbons (Fsp3) is 0.688. The van der Waals surface area contributed by atoms with Gasteiger partial charge < -0.3 is 56.4 Å². The molecule has 0 aromatic heterocycles. The predicted octanol–water partition coefficient (Wildman–Crippen LogP) is -2.80. The smallest absolute Gasteiger partial charge is 0.300 e. The average Bonchev–Trinajstić information content (AvgIpc) is 2.53. The van der Waals surface area contributed by atoms with E-state index in [4.69, 9.17) is 70.2 Å². The minimum Gasteiger partial charge on any atom is -0.481 e. The lowest BCUT2D eigenvalue weighted by Crippen LogP contribution is -2.61. The van der Waals surface area contributed by atoms with Crippen LogP contribution in [0.2, 0.25) is 0 Å². The van der Waals surface area contributed by atoms with Gasteiger partial charge >= 0.3 is 0 Å². The van der Waals surface area contributed by atoms with Crippen LogP contribution in [0.25, 0.3) is 0 Å². The van der Waals surface area contributed by atoms with Crippen LogP contribution in [0.4, 0.5) is 0 Å². The molecule has 32 heavy (non-hydrogen) atoms. The van der Waals surface area contributed by atoms with Crippen molar-refractivity contribution in [3.8, 4) is 0 Å².